The highest BCUT2D eigenvalue weighted by Gasteiger charge is 2.28. The number of rotatable bonds is 7. The third kappa shape index (κ3) is 4.75. The number of alkyl halides is 2. The van der Waals surface area contributed by atoms with Crippen molar-refractivity contribution >= 4 is 15.7 Å². The molecule has 0 aliphatic heterocycles. The molecule has 0 radical (unpaired) electrons. The molecule has 8 heteroatoms. The van der Waals surface area contributed by atoms with E-state index >= 15 is 0 Å². The Kier molecular flexibility index (Phi) is 5.79. The van der Waals surface area contributed by atoms with Gasteiger partial charge in [0.1, 0.15) is 0 Å². The predicted molar refractivity (Wildman–Crippen MR) is 75.1 cm³/mol. The van der Waals surface area contributed by atoms with Gasteiger partial charge in [-0.3, -0.25) is 4.79 Å². The van der Waals surface area contributed by atoms with Crippen molar-refractivity contribution in [3.8, 4) is 0 Å². The molecule has 0 bridgehead atoms. The van der Waals surface area contributed by atoms with Gasteiger partial charge in [0.25, 0.3) is 11.8 Å². The zero-order valence-corrected chi connectivity index (χ0v) is 12.4. The second-order valence-electron chi connectivity index (χ2n) is 4.56. The molecule has 0 atom stereocenters. The van der Waals surface area contributed by atoms with Crippen LogP contribution in [0.1, 0.15) is 23.7 Å². The van der Waals surface area contributed by atoms with Crippen molar-refractivity contribution in [1.82, 2.24) is 5.32 Å². The molecule has 0 fully saturated rings. The van der Waals surface area contributed by atoms with Crippen molar-refractivity contribution in [2.45, 2.75) is 24.2 Å². The van der Waals surface area contributed by atoms with Gasteiger partial charge in [0.05, 0.1) is 29.3 Å². The number of nitrogens with one attached hydrogen (secondary N) is 1. The van der Waals surface area contributed by atoms with Crippen LogP contribution in [0.4, 0.5) is 8.78 Å². The van der Waals surface area contributed by atoms with E-state index < -0.39 is 34.8 Å². The van der Waals surface area contributed by atoms with Crippen molar-refractivity contribution in [2.24, 2.45) is 5.73 Å². The van der Waals surface area contributed by atoms with Crippen LogP contribution < -0.4 is 11.1 Å². The van der Waals surface area contributed by atoms with E-state index in [4.69, 9.17) is 5.73 Å². The highest BCUT2D eigenvalue weighted by Crippen LogP contribution is 2.18. The first-order chi connectivity index (χ1) is 9.73. The lowest BCUT2D eigenvalue weighted by Gasteiger charge is -2.15. The lowest BCUT2D eigenvalue weighted by atomic mass is 10.2. The molecule has 1 amide bonds. The minimum absolute atomic E-state index is 0.115. The number of hydrogen-bond donors (Lipinski definition) is 2. The van der Waals surface area contributed by atoms with E-state index in [1.54, 1.807) is 6.92 Å². The Morgan fingerprint density at radius 3 is 2.52 bits per heavy atom. The van der Waals surface area contributed by atoms with Gasteiger partial charge in [0.15, 0.2) is 9.84 Å². The van der Waals surface area contributed by atoms with Gasteiger partial charge in [-0.15, -0.1) is 0 Å². The summed E-state index contributed by atoms with van der Waals surface area (Å²) in [5, 5.41) is 2.01. The molecular weight excluding hydrogens is 302 g/mol. The lowest BCUT2D eigenvalue weighted by Crippen LogP contribution is -2.41. The summed E-state index contributed by atoms with van der Waals surface area (Å²) >= 11 is 0. The fourth-order valence-electron chi connectivity index (χ4n) is 1.68. The SMILES string of the molecule is CCCS(=O)(=O)c1ccccc1C(=O)NCC(F)(F)CN. The zero-order chi connectivity index (χ0) is 16.1. The number of carbonyl (C=O) groups excluding carboxylic acids is 1. The quantitative estimate of drug-likeness (QED) is 0.790. The van der Waals surface area contributed by atoms with Gasteiger partial charge in [0.2, 0.25) is 0 Å². The van der Waals surface area contributed by atoms with Crippen LogP contribution in [0.5, 0.6) is 0 Å². The highest BCUT2D eigenvalue weighted by molar-refractivity contribution is 7.91. The van der Waals surface area contributed by atoms with Crippen LogP contribution in [-0.2, 0) is 9.84 Å². The van der Waals surface area contributed by atoms with E-state index in [1.165, 1.54) is 24.3 Å². The summed E-state index contributed by atoms with van der Waals surface area (Å²) in [6, 6.07) is 5.54. The average molecular weight is 320 g/mol. The van der Waals surface area contributed by atoms with Crippen LogP contribution in [0.2, 0.25) is 0 Å². The van der Waals surface area contributed by atoms with Crippen molar-refractivity contribution in [3.63, 3.8) is 0 Å². The molecule has 3 N–H and O–H groups in total. The number of amides is 1. The van der Waals surface area contributed by atoms with Crippen molar-refractivity contribution in [2.75, 3.05) is 18.8 Å². The third-order valence-electron chi connectivity index (χ3n) is 2.75. The van der Waals surface area contributed by atoms with Gasteiger partial charge in [0, 0.05) is 0 Å². The number of hydrogen-bond acceptors (Lipinski definition) is 4. The Morgan fingerprint density at radius 2 is 1.95 bits per heavy atom. The minimum atomic E-state index is -3.62. The molecule has 21 heavy (non-hydrogen) atoms. The number of carbonyl (C=O) groups is 1. The van der Waals surface area contributed by atoms with Crippen LogP contribution in [-0.4, -0.2) is 39.1 Å². The molecule has 1 rings (SSSR count). The molecular formula is C13H18F2N2O3S. The van der Waals surface area contributed by atoms with Gasteiger partial charge < -0.3 is 11.1 Å². The standard InChI is InChI=1S/C13H18F2N2O3S/c1-2-7-21(19,20)11-6-4-3-5-10(11)12(18)17-9-13(14,15)8-16/h3-6H,2,7-9,16H2,1H3,(H,17,18). The molecule has 0 unspecified atom stereocenters. The van der Waals surface area contributed by atoms with E-state index in [1.807, 2.05) is 5.32 Å². The molecule has 0 saturated carbocycles. The lowest BCUT2D eigenvalue weighted by molar-refractivity contribution is 0.0118. The van der Waals surface area contributed by atoms with Crippen molar-refractivity contribution < 1.29 is 22.0 Å². The first kappa shape index (κ1) is 17.5. The Morgan fingerprint density at radius 1 is 1.33 bits per heavy atom. The maximum Gasteiger partial charge on any atom is 0.277 e. The fourth-order valence-corrected chi connectivity index (χ4v) is 3.22. The van der Waals surface area contributed by atoms with Gasteiger partial charge in [-0.25, -0.2) is 17.2 Å². The summed E-state index contributed by atoms with van der Waals surface area (Å²) in [6.07, 6.45) is 0.392. The maximum atomic E-state index is 13.0. The summed E-state index contributed by atoms with van der Waals surface area (Å²) in [5.74, 6) is -4.21. The Hall–Kier alpha value is -1.54. The molecule has 0 saturated heterocycles. The molecule has 0 heterocycles. The second kappa shape index (κ2) is 6.95. The first-order valence-corrected chi connectivity index (χ1v) is 8.06. The van der Waals surface area contributed by atoms with Gasteiger partial charge in [-0.05, 0) is 18.6 Å². The molecule has 1 aromatic rings. The van der Waals surface area contributed by atoms with Gasteiger partial charge in [-0.1, -0.05) is 19.1 Å². The fraction of sp³-hybridized carbons (Fsp3) is 0.462. The number of benzene rings is 1. The molecule has 118 valence electrons. The molecule has 0 aromatic heterocycles. The summed E-state index contributed by atoms with van der Waals surface area (Å²) in [6.45, 7) is -0.143. The smallest absolute Gasteiger partial charge is 0.277 e. The van der Waals surface area contributed by atoms with Gasteiger partial charge >= 0.3 is 0 Å². The maximum absolute atomic E-state index is 13.0. The Labute approximate surface area is 122 Å². The average Bonchev–Trinajstić information content (AvgIpc) is 2.45. The molecule has 0 aliphatic rings. The monoisotopic (exact) mass is 320 g/mol. The van der Waals surface area contributed by atoms with Crippen molar-refractivity contribution in [1.29, 1.82) is 0 Å². The van der Waals surface area contributed by atoms with E-state index in [9.17, 15) is 22.0 Å². The topological polar surface area (TPSA) is 89.3 Å². The molecule has 0 aliphatic carbocycles. The van der Waals surface area contributed by atoms with E-state index in [0.717, 1.165) is 0 Å². The van der Waals surface area contributed by atoms with E-state index in [-0.39, 0.29) is 16.2 Å². The predicted octanol–water partition coefficient (Wildman–Crippen LogP) is 1.19. The van der Waals surface area contributed by atoms with E-state index in [2.05, 4.69) is 0 Å². The summed E-state index contributed by atoms with van der Waals surface area (Å²) in [4.78, 5) is 11.8. The Balaban J connectivity index is 3.01. The van der Waals surface area contributed by atoms with Gasteiger partial charge in [-0.2, -0.15) is 0 Å². The Bertz CT molecular complexity index is 603. The third-order valence-corrected chi connectivity index (χ3v) is 4.72. The summed E-state index contributed by atoms with van der Waals surface area (Å²) < 4.78 is 50.2. The molecule has 5 nitrogen and oxygen atoms in total. The summed E-state index contributed by atoms with van der Waals surface area (Å²) in [7, 11) is -3.62. The number of halogens is 2. The number of nitrogens with two attached hydrogens (primary N) is 1. The molecule has 1 aromatic carbocycles. The van der Waals surface area contributed by atoms with Crippen molar-refractivity contribution in [3.05, 3.63) is 29.8 Å². The first-order valence-electron chi connectivity index (χ1n) is 6.41. The van der Waals surface area contributed by atoms with Crippen LogP contribution in [0, 0.1) is 0 Å². The highest BCUT2D eigenvalue weighted by atomic mass is 32.2. The largest absolute Gasteiger partial charge is 0.346 e. The van der Waals surface area contributed by atoms with Crippen LogP contribution >= 0.6 is 0 Å². The van der Waals surface area contributed by atoms with Crippen LogP contribution in [0.25, 0.3) is 0 Å². The van der Waals surface area contributed by atoms with Crippen LogP contribution in [0.3, 0.4) is 0 Å². The minimum Gasteiger partial charge on any atom is -0.346 e. The summed E-state index contributed by atoms with van der Waals surface area (Å²) in [5.41, 5.74) is 4.73. The van der Waals surface area contributed by atoms with E-state index in [0.29, 0.717) is 6.42 Å². The normalized spacial score (nSPS) is 12.2. The van der Waals surface area contributed by atoms with Crippen LogP contribution in [0.15, 0.2) is 29.2 Å². The molecule has 0 spiro atoms. The second-order valence-corrected chi connectivity index (χ2v) is 6.64. The number of sulfone groups is 1. The zero-order valence-electron chi connectivity index (χ0n) is 11.6.